The fraction of sp³-hybridized carbons (Fsp3) is 0.933. The highest BCUT2D eigenvalue weighted by atomic mass is 35.5. The molecule has 23 heavy (non-hydrogen) atoms. The van der Waals surface area contributed by atoms with E-state index in [-0.39, 0.29) is 36.0 Å². The number of unbranched alkanes of at least 4 members (excludes halogenated alkanes) is 1. The highest BCUT2D eigenvalue weighted by Crippen LogP contribution is 2.31. The highest BCUT2D eigenvalue weighted by molar-refractivity contribution is 7.89. The second-order valence-corrected chi connectivity index (χ2v) is 8.68. The van der Waals surface area contributed by atoms with E-state index < -0.39 is 10.0 Å². The molecule has 2 rings (SSSR count). The Labute approximate surface area is 146 Å². The summed E-state index contributed by atoms with van der Waals surface area (Å²) in [4.78, 5) is 12.1. The van der Waals surface area contributed by atoms with Gasteiger partial charge in [0.15, 0.2) is 0 Å². The van der Waals surface area contributed by atoms with Crippen LogP contribution < -0.4 is 11.1 Å². The van der Waals surface area contributed by atoms with E-state index in [1.54, 1.807) is 4.31 Å². The lowest BCUT2D eigenvalue weighted by molar-refractivity contribution is -0.126. The Morgan fingerprint density at radius 1 is 1.26 bits per heavy atom. The molecule has 1 saturated heterocycles. The third-order valence-corrected chi connectivity index (χ3v) is 6.67. The van der Waals surface area contributed by atoms with E-state index in [1.165, 1.54) is 12.8 Å². The maximum absolute atomic E-state index is 12.1. The Hall–Kier alpha value is -0.370. The van der Waals surface area contributed by atoms with E-state index in [0.717, 1.165) is 6.42 Å². The minimum atomic E-state index is -3.14. The standard InChI is InChI=1S/C15H29N3O3S.ClH/c1-2-3-10-22(20,21)18-8-6-13(7-9-18)15(19)17-11-14(16)12-4-5-12;/h12-14H,2-11,16H2,1H3,(H,17,19);1H. The molecule has 2 fully saturated rings. The molecule has 3 N–H and O–H groups in total. The van der Waals surface area contributed by atoms with Crippen molar-refractivity contribution in [3.8, 4) is 0 Å². The fourth-order valence-corrected chi connectivity index (χ4v) is 4.58. The van der Waals surface area contributed by atoms with Crippen LogP contribution >= 0.6 is 12.4 Å². The van der Waals surface area contributed by atoms with Crippen LogP contribution in [0.3, 0.4) is 0 Å². The summed E-state index contributed by atoms with van der Waals surface area (Å²) in [5.41, 5.74) is 5.98. The lowest BCUT2D eigenvalue weighted by Gasteiger charge is -2.30. The van der Waals surface area contributed by atoms with E-state index >= 15 is 0 Å². The third kappa shape index (κ3) is 6.21. The van der Waals surface area contributed by atoms with Crippen LogP contribution in [0.4, 0.5) is 0 Å². The van der Waals surface area contributed by atoms with Crippen LogP contribution in [0.5, 0.6) is 0 Å². The maximum Gasteiger partial charge on any atom is 0.223 e. The van der Waals surface area contributed by atoms with E-state index in [9.17, 15) is 13.2 Å². The lowest BCUT2D eigenvalue weighted by Crippen LogP contribution is -2.46. The first-order valence-corrected chi connectivity index (χ1v) is 10.1. The lowest BCUT2D eigenvalue weighted by atomic mass is 9.97. The molecule has 1 aliphatic carbocycles. The largest absolute Gasteiger partial charge is 0.354 e. The number of nitrogens with two attached hydrogens (primary N) is 1. The molecule has 1 amide bonds. The van der Waals surface area contributed by atoms with Crippen LogP contribution in [0.1, 0.15) is 45.4 Å². The van der Waals surface area contributed by atoms with Crippen molar-refractivity contribution >= 4 is 28.3 Å². The van der Waals surface area contributed by atoms with Crippen molar-refractivity contribution in [3.63, 3.8) is 0 Å². The minimum absolute atomic E-state index is 0. The van der Waals surface area contributed by atoms with Crippen molar-refractivity contribution < 1.29 is 13.2 Å². The van der Waals surface area contributed by atoms with Gasteiger partial charge in [-0.25, -0.2) is 12.7 Å². The molecule has 1 atom stereocenters. The van der Waals surface area contributed by atoms with Crippen molar-refractivity contribution in [2.24, 2.45) is 17.6 Å². The molecule has 136 valence electrons. The summed E-state index contributed by atoms with van der Waals surface area (Å²) in [5, 5.41) is 2.93. The van der Waals surface area contributed by atoms with Gasteiger partial charge in [-0.3, -0.25) is 4.79 Å². The van der Waals surface area contributed by atoms with Gasteiger partial charge < -0.3 is 11.1 Å². The van der Waals surface area contributed by atoms with E-state index in [0.29, 0.717) is 44.8 Å². The molecule has 0 aromatic heterocycles. The zero-order chi connectivity index (χ0) is 16.2. The molecule has 1 aliphatic heterocycles. The van der Waals surface area contributed by atoms with Gasteiger partial charge in [0.25, 0.3) is 0 Å². The zero-order valence-corrected chi connectivity index (χ0v) is 15.5. The van der Waals surface area contributed by atoms with Crippen LogP contribution in [-0.2, 0) is 14.8 Å². The fourth-order valence-electron chi connectivity index (χ4n) is 2.91. The molecular formula is C15H30ClN3O3S. The first-order valence-electron chi connectivity index (χ1n) is 8.45. The van der Waals surface area contributed by atoms with Crippen molar-refractivity contribution in [3.05, 3.63) is 0 Å². The van der Waals surface area contributed by atoms with Crippen molar-refractivity contribution in [2.75, 3.05) is 25.4 Å². The van der Waals surface area contributed by atoms with E-state index in [2.05, 4.69) is 5.32 Å². The van der Waals surface area contributed by atoms with Gasteiger partial charge in [-0.1, -0.05) is 13.3 Å². The second-order valence-electron chi connectivity index (χ2n) is 6.59. The number of carbonyl (C=O) groups excluding carboxylic acids is 1. The molecule has 0 spiro atoms. The number of sulfonamides is 1. The Bertz CT molecular complexity index is 474. The number of halogens is 1. The van der Waals surface area contributed by atoms with Crippen molar-refractivity contribution in [2.45, 2.75) is 51.5 Å². The van der Waals surface area contributed by atoms with Gasteiger partial charge in [0, 0.05) is 31.6 Å². The Morgan fingerprint density at radius 3 is 2.39 bits per heavy atom. The zero-order valence-electron chi connectivity index (χ0n) is 13.9. The second kappa shape index (κ2) is 9.20. The SMILES string of the molecule is CCCCS(=O)(=O)N1CCC(C(=O)NCC(N)C2CC2)CC1.Cl. The monoisotopic (exact) mass is 367 g/mol. The van der Waals surface area contributed by atoms with Crippen LogP contribution in [0.2, 0.25) is 0 Å². The van der Waals surface area contributed by atoms with Gasteiger partial charge in [0.05, 0.1) is 5.75 Å². The van der Waals surface area contributed by atoms with Gasteiger partial charge in [-0.05, 0) is 38.0 Å². The van der Waals surface area contributed by atoms with Gasteiger partial charge in [-0.15, -0.1) is 12.4 Å². The normalized spacial score (nSPS) is 21.5. The smallest absolute Gasteiger partial charge is 0.223 e. The Balaban J connectivity index is 0.00000264. The predicted molar refractivity (Wildman–Crippen MR) is 93.9 cm³/mol. The molecule has 0 aromatic rings. The molecule has 0 radical (unpaired) electrons. The summed E-state index contributed by atoms with van der Waals surface area (Å²) in [6, 6.07) is 0.0680. The van der Waals surface area contributed by atoms with Gasteiger partial charge in [-0.2, -0.15) is 0 Å². The third-order valence-electron chi connectivity index (χ3n) is 4.71. The van der Waals surface area contributed by atoms with Crippen LogP contribution in [0.15, 0.2) is 0 Å². The van der Waals surface area contributed by atoms with Gasteiger partial charge in [0.1, 0.15) is 0 Å². The summed E-state index contributed by atoms with van der Waals surface area (Å²) in [6.07, 6.45) is 5.13. The minimum Gasteiger partial charge on any atom is -0.354 e. The quantitative estimate of drug-likeness (QED) is 0.672. The van der Waals surface area contributed by atoms with Crippen molar-refractivity contribution in [1.29, 1.82) is 0 Å². The molecule has 8 heteroatoms. The summed E-state index contributed by atoms with van der Waals surface area (Å²) in [6.45, 7) is 3.44. The Kier molecular flexibility index (Phi) is 8.27. The number of nitrogens with zero attached hydrogens (tertiary/aromatic N) is 1. The molecule has 0 aromatic carbocycles. The first-order chi connectivity index (χ1) is 10.4. The summed E-state index contributed by atoms with van der Waals surface area (Å²) in [7, 11) is -3.14. The maximum atomic E-state index is 12.1. The number of rotatable bonds is 8. The molecular weight excluding hydrogens is 338 g/mol. The van der Waals surface area contributed by atoms with Crippen LogP contribution in [0.25, 0.3) is 0 Å². The average molecular weight is 368 g/mol. The number of amides is 1. The Morgan fingerprint density at radius 2 is 1.87 bits per heavy atom. The summed E-state index contributed by atoms with van der Waals surface area (Å²) in [5.74, 6) is 0.743. The topological polar surface area (TPSA) is 92.5 Å². The summed E-state index contributed by atoms with van der Waals surface area (Å²) < 4.78 is 25.8. The highest BCUT2D eigenvalue weighted by Gasteiger charge is 2.32. The molecule has 6 nitrogen and oxygen atoms in total. The summed E-state index contributed by atoms with van der Waals surface area (Å²) >= 11 is 0. The first kappa shape index (κ1) is 20.7. The van der Waals surface area contributed by atoms with Gasteiger partial charge >= 0.3 is 0 Å². The van der Waals surface area contributed by atoms with Crippen molar-refractivity contribution in [1.82, 2.24) is 9.62 Å². The van der Waals surface area contributed by atoms with E-state index in [4.69, 9.17) is 5.73 Å². The molecule has 0 bridgehead atoms. The number of nitrogens with one attached hydrogen (secondary N) is 1. The van der Waals surface area contributed by atoms with Gasteiger partial charge in [0.2, 0.25) is 15.9 Å². The number of hydrogen-bond donors (Lipinski definition) is 2. The predicted octanol–water partition coefficient (Wildman–Crippen LogP) is 1.10. The number of piperidine rings is 1. The number of hydrogen-bond acceptors (Lipinski definition) is 4. The van der Waals surface area contributed by atoms with Crippen LogP contribution in [-0.4, -0.2) is 50.1 Å². The molecule has 1 heterocycles. The molecule has 1 unspecified atom stereocenters. The molecule has 2 aliphatic rings. The average Bonchev–Trinajstić information content (AvgIpc) is 3.35. The van der Waals surface area contributed by atoms with Crippen LogP contribution in [0, 0.1) is 11.8 Å². The van der Waals surface area contributed by atoms with E-state index in [1.807, 2.05) is 6.92 Å². The molecule has 1 saturated carbocycles. The number of carbonyl (C=O) groups is 1.